The SMILES string of the molecule is CC1C(NC(=O)Cc2ccc3c(c2)CCO3)NNC1c1ccncc1. The van der Waals surface area contributed by atoms with Crippen molar-refractivity contribution in [1.82, 2.24) is 21.2 Å². The summed E-state index contributed by atoms with van der Waals surface area (Å²) in [6.07, 6.45) is 4.76. The highest BCUT2D eigenvalue weighted by Gasteiger charge is 2.34. The van der Waals surface area contributed by atoms with E-state index in [1.165, 1.54) is 5.56 Å². The number of carbonyl (C=O) groups is 1. The van der Waals surface area contributed by atoms with E-state index in [0.29, 0.717) is 6.42 Å². The molecule has 0 aliphatic carbocycles. The van der Waals surface area contributed by atoms with Gasteiger partial charge in [-0.05, 0) is 34.9 Å². The number of hydrazine groups is 1. The van der Waals surface area contributed by atoms with E-state index in [1.807, 2.05) is 24.3 Å². The van der Waals surface area contributed by atoms with Gasteiger partial charge in [-0.2, -0.15) is 0 Å². The van der Waals surface area contributed by atoms with E-state index in [0.717, 1.165) is 29.9 Å². The van der Waals surface area contributed by atoms with Crippen LogP contribution in [0.15, 0.2) is 42.7 Å². The summed E-state index contributed by atoms with van der Waals surface area (Å²) >= 11 is 0. The maximum Gasteiger partial charge on any atom is 0.225 e. The van der Waals surface area contributed by atoms with Crippen LogP contribution in [0.3, 0.4) is 0 Å². The molecule has 130 valence electrons. The fourth-order valence-electron chi connectivity index (χ4n) is 3.52. The summed E-state index contributed by atoms with van der Waals surface area (Å²) in [6, 6.07) is 10.1. The van der Waals surface area contributed by atoms with Crippen LogP contribution in [0.5, 0.6) is 5.75 Å². The highest BCUT2D eigenvalue weighted by molar-refractivity contribution is 5.79. The third-order valence-electron chi connectivity index (χ3n) is 4.95. The number of aromatic nitrogens is 1. The van der Waals surface area contributed by atoms with Gasteiger partial charge in [-0.25, -0.2) is 10.9 Å². The summed E-state index contributed by atoms with van der Waals surface area (Å²) in [7, 11) is 0. The lowest BCUT2D eigenvalue weighted by Gasteiger charge is -2.20. The number of amides is 1. The molecule has 3 heterocycles. The van der Waals surface area contributed by atoms with Crippen LogP contribution >= 0.6 is 0 Å². The first-order chi connectivity index (χ1) is 12.2. The third kappa shape index (κ3) is 3.36. The lowest BCUT2D eigenvalue weighted by atomic mass is 9.95. The Morgan fingerprint density at radius 2 is 2.12 bits per heavy atom. The minimum atomic E-state index is -0.108. The monoisotopic (exact) mass is 338 g/mol. The molecular formula is C19H22N4O2. The Morgan fingerprint density at radius 3 is 2.96 bits per heavy atom. The van der Waals surface area contributed by atoms with Gasteiger partial charge in [0.1, 0.15) is 5.75 Å². The quantitative estimate of drug-likeness (QED) is 0.787. The zero-order valence-electron chi connectivity index (χ0n) is 14.2. The molecule has 25 heavy (non-hydrogen) atoms. The normalized spacial score (nSPS) is 24.6. The van der Waals surface area contributed by atoms with Crippen LogP contribution in [0.2, 0.25) is 0 Å². The second kappa shape index (κ2) is 6.82. The molecule has 3 N–H and O–H groups in total. The molecule has 2 aliphatic rings. The predicted octanol–water partition coefficient (Wildman–Crippen LogP) is 1.49. The molecule has 1 saturated heterocycles. The summed E-state index contributed by atoms with van der Waals surface area (Å²) in [5.41, 5.74) is 9.83. The Balaban J connectivity index is 1.37. The predicted molar refractivity (Wildman–Crippen MR) is 93.7 cm³/mol. The molecule has 6 heteroatoms. The molecule has 3 atom stereocenters. The van der Waals surface area contributed by atoms with E-state index in [1.54, 1.807) is 12.4 Å². The van der Waals surface area contributed by atoms with Crippen molar-refractivity contribution in [2.75, 3.05) is 6.61 Å². The number of carbonyl (C=O) groups excluding carboxylic acids is 1. The first-order valence-corrected chi connectivity index (χ1v) is 8.65. The van der Waals surface area contributed by atoms with Crippen molar-refractivity contribution in [2.24, 2.45) is 5.92 Å². The standard InChI is InChI=1S/C19H22N4O2/c1-12-18(14-4-7-20-8-5-14)22-23-19(12)21-17(24)11-13-2-3-16-15(10-13)6-9-25-16/h2-5,7-8,10,12,18-19,22-23H,6,9,11H2,1H3,(H,21,24). The van der Waals surface area contributed by atoms with Crippen molar-refractivity contribution in [3.05, 3.63) is 59.4 Å². The van der Waals surface area contributed by atoms with E-state index in [9.17, 15) is 4.79 Å². The minimum Gasteiger partial charge on any atom is -0.493 e. The van der Waals surface area contributed by atoms with Gasteiger partial charge in [0.15, 0.2) is 0 Å². The van der Waals surface area contributed by atoms with Crippen molar-refractivity contribution in [3.63, 3.8) is 0 Å². The zero-order chi connectivity index (χ0) is 17.2. The van der Waals surface area contributed by atoms with Crippen molar-refractivity contribution < 1.29 is 9.53 Å². The van der Waals surface area contributed by atoms with Gasteiger partial charge < -0.3 is 10.1 Å². The van der Waals surface area contributed by atoms with Gasteiger partial charge in [0.2, 0.25) is 5.91 Å². The van der Waals surface area contributed by atoms with Crippen LogP contribution in [-0.4, -0.2) is 23.7 Å². The molecule has 1 amide bonds. The molecule has 1 aromatic heterocycles. The molecule has 1 aromatic carbocycles. The fourth-order valence-corrected chi connectivity index (χ4v) is 3.52. The maximum atomic E-state index is 12.4. The van der Waals surface area contributed by atoms with Crippen molar-refractivity contribution >= 4 is 5.91 Å². The highest BCUT2D eigenvalue weighted by atomic mass is 16.5. The second-order valence-corrected chi connectivity index (χ2v) is 6.67. The first-order valence-electron chi connectivity index (χ1n) is 8.65. The molecule has 3 unspecified atom stereocenters. The molecule has 0 bridgehead atoms. The van der Waals surface area contributed by atoms with E-state index < -0.39 is 0 Å². The molecule has 2 aliphatic heterocycles. The van der Waals surface area contributed by atoms with Crippen LogP contribution in [-0.2, 0) is 17.6 Å². The van der Waals surface area contributed by atoms with Crippen molar-refractivity contribution in [2.45, 2.75) is 32.0 Å². The van der Waals surface area contributed by atoms with Crippen LogP contribution in [0.1, 0.15) is 29.7 Å². The Labute approximate surface area is 147 Å². The van der Waals surface area contributed by atoms with E-state index in [2.05, 4.69) is 34.1 Å². The summed E-state index contributed by atoms with van der Waals surface area (Å²) in [6.45, 7) is 2.85. The topological polar surface area (TPSA) is 75.3 Å². The number of fused-ring (bicyclic) bond motifs is 1. The average Bonchev–Trinajstić information content (AvgIpc) is 3.22. The number of hydrogen-bond acceptors (Lipinski definition) is 5. The van der Waals surface area contributed by atoms with Gasteiger partial charge in [0.25, 0.3) is 0 Å². The third-order valence-corrected chi connectivity index (χ3v) is 4.95. The van der Waals surface area contributed by atoms with Crippen LogP contribution in [0.25, 0.3) is 0 Å². The average molecular weight is 338 g/mol. The number of hydrogen-bond donors (Lipinski definition) is 3. The van der Waals surface area contributed by atoms with Crippen molar-refractivity contribution in [3.8, 4) is 5.75 Å². The second-order valence-electron chi connectivity index (χ2n) is 6.67. The molecule has 2 aromatic rings. The molecule has 6 nitrogen and oxygen atoms in total. The van der Waals surface area contributed by atoms with Gasteiger partial charge in [-0.1, -0.05) is 19.1 Å². The number of ether oxygens (including phenoxy) is 1. The van der Waals surface area contributed by atoms with Gasteiger partial charge >= 0.3 is 0 Å². The highest BCUT2D eigenvalue weighted by Crippen LogP contribution is 2.28. The van der Waals surface area contributed by atoms with Gasteiger partial charge in [-0.3, -0.25) is 9.78 Å². The zero-order valence-corrected chi connectivity index (χ0v) is 14.2. The summed E-state index contributed by atoms with van der Waals surface area (Å²) in [4.78, 5) is 16.5. The van der Waals surface area contributed by atoms with Crippen molar-refractivity contribution in [1.29, 1.82) is 0 Å². The molecular weight excluding hydrogens is 316 g/mol. The van der Waals surface area contributed by atoms with E-state index in [-0.39, 0.29) is 24.0 Å². The number of benzene rings is 1. The van der Waals surface area contributed by atoms with Crippen LogP contribution in [0.4, 0.5) is 0 Å². The summed E-state index contributed by atoms with van der Waals surface area (Å²) in [5.74, 6) is 1.18. The van der Waals surface area contributed by atoms with Gasteiger partial charge in [0, 0.05) is 24.7 Å². The Bertz CT molecular complexity index is 765. The van der Waals surface area contributed by atoms with E-state index in [4.69, 9.17) is 4.74 Å². The minimum absolute atomic E-state index is 0.0143. The molecule has 1 fully saturated rings. The number of pyridine rings is 1. The molecule has 4 rings (SSSR count). The lowest BCUT2D eigenvalue weighted by molar-refractivity contribution is -0.121. The van der Waals surface area contributed by atoms with Crippen LogP contribution in [0, 0.1) is 5.92 Å². The van der Waals surface area contributed by atoms with Gasteiger partial charge in [0.05, 0.1) is 25.2 Å². The van der Waals surface area contributed by atoms with Gasteiger partial charge in [-0.15, -0.1) is 0 Å². The number of nitrogens with one attached hydrogen (secondary N) is 3. The Kier molecular flexibility index (Phi) is 4.38. The summed E-state index contributed by atoms with van der Waals surface area (Å²) < 4.78 is 5.51. The summed E-state index contributed by atoms with van der Waals surface area (Å²) in [5, 5.41) is 3.09. The Hall–Kier alpha value is -2.44. The lowest BCUT2D eigenvalue weighted by Crippen LogP contribution is -2.46. The molecule has 0 radical (unpaired) electrons. The molecule has 0 spiro atoms. The van der Waals surface area contributed by atoms with Crippen LogP contribution < -0.4 is 20.9 Å². The largest absolute Gasteiger partial charge is 0.493 e. The smallest absolute Gasteiger partial charge is 0.225 e. The maximum absolute atomic E-state index is 12.4. The first kappa shape index (κ1) is 16.1. The number of nitrogens with zero attached hydrogens (tertiary/aromatic N) is 1. The number of rotatable bonds is 4. The fraction of sp³-hybridized carbons (Fsp3) is 0.368. The Morgan fingerprint density at radius 1 is 1.28 bits per heavy atom. The van der Waals surface area contributed by atoms with E-state index >= 15 is 0 Å². The molecule has 0 saturated carbocycles.